The van der Waals surface area contributed by atoms with Gasteiger partial charge in [-0.25, -0.2) is 4.31 Å². The number of amides is 1. The second-order valence-electron chi connectivity index (χ2n) is 7.75. The molecule has 1 amide bonds. The molecule has 1 N–H and O–H groups in total. The number of methoxy groups -OCH3 is 1. The van der Waals surface area contributed by atoms with Crippen LogP contribution in [0.3, 0.4) is 0 Å². The van der Waals surface area contributed by atoms with Crippen molar-refractivity contribution in [2.45, 2.75) is 24.4 Å². The summed E-state index contributed by atoms with van der Waals surface area (Å²) in [6.07, 6.45) is 2.82. The van der Waals surface area contributed by atoms with Crippen molar-refractivity contribution in [2.24, 2.45) is 0 Å². The van der Waals surface area contributed by atoms with E-state index in [2.05, 4.69) is 57.0 Å². The molecule has 0 unspecified atom stereocenters. The van der Waals surface area contributed by atoms with E-state index in [1.54, 1.807) is 26.1 Å². The number of nitrogens with one attached hydrogen (secondary N) is 1. The van der Waals surface area contributed by atoms with Crippen LogP contribution in [0.4, 0.5) is 0 Å². The lowest BCUT2D eigenvalue weighted by atomic mass is 10.0. The van der Waals surface area contributed by atoms with Gasteiger partial charge in [0.25, 0.3) is 0 Å². The first-order valence-electron chi connectivity index (χ1n) is 10.4. The second kappa shape index (κ2) is 9.79. The predicted octanol–water partition coefficient (Wildman–Crippen LogP) is 3.70. The van der Waals surface area contributed by atoms with Crippen molar-refractivity contribution in [1.82, 2.24) is 14.5 Å². The van der Waals surface area contributed by atoms with Crippen LogP contribution < -0.4 is 5.32 Å². The Kier molecular flexibility index (Phi) is 6.89. The number of nitrogens with zero attached hydrogens (tertiary/aromatic N) is 2. The fourth-order valence-corrected chi connectivity index (χ4v) is 4.87. The number of carbonyl (C=O) groups is 1. The van der Waals surface area contributed by atoms with Gasteiger partial charge in [0.1, 0.15) is 0 Å². The van der Waals surface area contributed by atoms with Crippen molar-refractivity contribution in [1.29, 1.82) is 0 Å². The van der Waals surface area contributed by atoms with Crippen LogP contribution >= 0.6 is 11.9 Å². The molecule has 30 heavy (non-hydrogen) atoms. The van der Waals surface area contributed by atoms with E-state index in [0.717, 1.165) is 51.3 Å². The molecule has 6 heteroatoms. The Hall–Kier alpha value is -2.12. The van der Waals surface area contributed by atoms with Crippen LogP contribution in [-0.2, 0) is 22.6 Å². The third-order valence-electron chi connectivity index (χ3n) is 5.72. The van der Waals surface area contributed by atoms with Crippen molar-refractivity contribution < 1.29 is 9.53 Å². The zero-order valence-corrected chi connectivity index (χ0v) is 18.5. The van der Waals surface area contributed by atoms with Crippen molar-refractivity contribution >= 4 is 17.9 Å². The summed E-state index contributed by atoms with van der Waals surface area (Å²) in [5.41, 5.74) is 6.26. The minimum atomic E-state index is 0.0418. The number of hydrogen-bond donors (Lipinski definition) is 1. The van der Waals surface area contributed by atoms with Gasteiger partial charge >= 0.3 is 0 Å². The third-order valence-corrected chi connectivity index (χ3v) is 6.79. The minimum absolute atomic E-state index is 0.0418. The first kappa shape index (κ1) is 21.1. The van der Waals surface area contributed by atoms with E-state index in [9.17, 15) is 4.79 Å². The molecule has 5 nitrogen and oxygen atoms in total. The average molecular weight is 424 g/mol. The summed E-state index contributed by atoms with van der Waals surface area (Å²) in [6, 6.07) is 15.6. The van der Waals surface area contributed by atoms with E-state index < -0.39 is 0 Å². The highest BCUT2D eigenvalue weighted by molar-refractivity contribution is 7.97. The number of carbonyl (C=O) groups excluding carboxylic acids is 1. The molecule has 0 fully saturated rings. The summed E-state index contributed by atoms with van der Waals surface area (Å²) < 4.78 is 7.51. The van der Waals surface area contributed by atoms with Gasteiger partial charge in [-0.15, -0.1) is 0 Å². The monoisotopic (exact) mass is 423 g/mol. The van der Waals surface area contributed by atoms with Crippen LogP contribution in [0.15, 0.2) is 59.0 Å². The van der Waals surface area contributed by atoms with Gasteiger partial charge in [0, 0.05) is 57.3 Å². The van der Waals surface area contributed by atoms with Crippen molar-refractivity contribution in [3.63, 3.8) is 0 Å². The molecule has 0 radical (unpaired) electrons. The molecule has 0 spiro atoms. The highest BCUT2D eigenvalue weighted by Crippen LogP contribution is 2.31. The van der Waals surface area contributed by atoms with Gasteiger partial charge in [-0.2, -0.15) is 0 Å². The Morgan fingerprint density at radius 3 is 2.57 bits per heavy atom. The Morgan fingerprint density at radius 2 is 1.87 bits per heavy atom. The van der Waals surface area contributed by atoms with Crippen molar-refractivity contribution in [3.05, 3.63) is 65.2 Å². The number of fused-ring (bicyclic) bond motifs is 1. The van der Waals surface area contributed by atoms with Gasteiger partial charge in [-0.1, -0.05) is 30.3 Å². The first-order chi connectivity index (χ1) is 14.7. The highest BCUT2D eigenvalue weighted by Gasteiger charge is 2.19. The quantitative estimate of drug-likeness (QED) is 0.688. The van der Waals surface area contributed by atoms with Gasteiger partial charge < -0.3 is 10.1 Å². The van der Waals surface area contributed by atoms with E-state index in [1.165, 1.54) is 27.1 Å². The second-order valence-corrected chi connectivity index (χ2v) is 8.92. The largest absolute Gasteiger partial charge is 0.383 e. The van der Waals surface area contributed by atoms with Crippen LogP contribution in [0.1, 0.15) is 17.5 Å². The number of benzene rings is 2. The zero-order valence-electron chi connectivity index (χ0n) is 17.7. The normalized spacial score (nSPS) is 16.9. The molecule has 0 bridgehead atoms. The van der Waals surface area contributed by atoms with Crippen LogP contribution in [0, 0.1) is 0 Å². The summed E-state index contributed by atoms with van der Waals surface area (Å²) in [5.74, 6) is 0.0418. The molecule has 0 aromatic heterocycles. The maximum atomic E-state index is 11.7. The maximum Gasteiger partial charge on any atom is 0.246 e. The minimum Gasteiger partial charge on any atom is -0.383 e. The predicted molar refractivity (Wildman–Crippen MR) is 122 cm³/mol. The number of rotatable bonds is 7. The standard InChI is InChI=1S/C24H29N3O2S/c1-25-24(28)19-9-11-27(12-10-19)30-23-7-5-18(6-8-23)20-3-4-21-16-26(13-14-29-2)17-22(21)15-20/h3-9,15H,10-14,16-17H2,1-2H3,(H,25,28). The lowest BCUT2D eigenvalue weighted by molar-refractivity contribution is -0.117. The first-order valence-corrected chi connectivity index (χ1v) is 11.2. The highest BCUT2D eigenvalue weighted by atomic mass is 32.2. The lowest BCUT2D eigenvalue weighted by Crippen LogP contribution is -2.28. The fourth-order valence-electron chi connectivity index (χ4n) is 3.98. The smallest absolute Gasteiger partial charge is 0.246 e. The van der Waals surface area contributed by atoms with Crippen LogP contribution in [0.25, 0.3) is 11.1 Å². The fraction of sp³-hybridized carbons (Fsp3) is 0.375. The van der Waals surface area contributed by atoms with E-state index in [-0.39, 0.29) is 5.91 Å². The van der Waals surface area contributed by atoms with Crippen molar-refractivity contribution in [3.8, 4) is 11.1 Å². The summed E-state index contributed by atoms with van der Waals surface area (Å²) in [7, 11) is 3.44. The van der Waals surface area contributed by atoms with Gasteiger partial charge in [-0.3, -0.25) is 9.69 Å². The van der Waals surface area contributed by atoms with Gasteiger partial charge in [0.05, 0.1) is 6.61 Å². The van der Waals surface area contributed by atoms with Gasteiger partial charge in [-0.05, 0) is 58.8 Å². The SMILES string of the molecule is CNC(=O)C1=CCN(Sc2ccc(-c3ccc4c(c3)CN(CCOC)C4)cc2)CC1. The van der Waals surface area contributed by atoms with E-state index in [0.29, 0.717) is 0 Å². The molecule has 0 atom stereocenters. The topological polar surface area (TPSA) is 44.8 Å². The number of likely N-dealkylation sites (N-methyl/N-ethyl adjacent to an activating group) is 1. The van der Waals surface area contributed by atoms with E-state index in [4.69, 9.17) is 4.74 Å². The lowest BCUT2D eigenvalue weighted by Gasteiger charge is -2.24. The average Bonchev–Trinajstić information content (AvgIpc) is 3.20. The molecule has 2 aromatic carbocycles. The van der Waals surface area contributed by atoms with Crippen LogP contribution in [0.5, 0.6) is 0 Å². The molecule has 2 aromatic rings. The number of hydrogen-bond acceptors (Lipinski definition) is 5. The van der Waals surface area contributed by atoms with E-state index in [1.807, 2.05) is 6.08 Å². The summed E-state index contributed by atoms with van der Waals surface area (Å²) >= 11 is 1.76. The Bertz CT molecular complexity index is 927. The van der Waals surface area contributed by atoms with Gasteiger partial charge in [0.2, 0.25) is 5.91 Å². The summed E-state index contributed by atoms with van der Waals surface area (Å²) in [6.45, 7) is 5.44. The number of ether oxygens (including phenoxy) is 1. The molecular weight excluding hydrogens is 394 g/mol. The third kappa shape index (κ3) is 4.95. The summed E-state index contributed by atoms with van der Waals surface area (Å²) in [5, 5.41) is 2.71. The molecular formula is C24H29N3O2S. The molecule has 2 aliphatic heterocycles. The summed E-state index contributed by atoms with van der Waals surface area (Å²) in [4.78, 5) is 15.4. The molecule has 0 saturated carbocycles. The van der Waals surface area contributed by atoms with Gasteiger partial charge in [0.15, 0.2) is 0 Å². The van der Waals surface area contributed by atoms with E-state index >= 15 is 0 Å². The van der Waals surface area contributed by atoms with Crippen LogP contribution in [-0.4, -0.2) is 55.5 Å². The zero-order chi connectivity index (χ0) is 20.9. The molecule has 2 heterocycles. The Balaban J connectivity index is 1.37. The maximum absolute atomic E-state index is 11.7. The van der Waals surface area contributed by atoms with Crippen molar-refractivity contribution in [2.75, 3.05) is 40.4 Å². The molecule has 2 aliphatic rings. The van der Waals surface area contributed by atoms with Crippen LogP contribution in [0.2, 0.25) is 0 Å². The molecule has 0 saturated heterocycles. The molecule has 4 rings (SSSR count). The molecule has 158 valence electrons. The molecule has 0 aliphatic carbocycles. The Labute approximate surface area is 183 Å². The Morgan fingerprint density at radius 1 is 1.10 bits per heavy atom.